The summed E-state index contributed by atoms with van der Waals surface area (Å²) in [5.41, 5.74) is 2.06. The number of carbonyl (C=O) groups excluding carboxylic acids is 1. The number of amides is 1. The van der Waals surface area contributed by atoms with Crippen LogP contribution in [0.1, 0.15) is 37.7 Å². The van der Waals surface area contributed by atoms with E-state index in [1.807, 2.05) is 25.1 Å². The smallest absolute Gasteiger partial charge is 0.224 e. The van der Waals surface area contributed by atoms with Gasteiger partial charge in [0.25, 0.3) is 0 Å². The number of nitrogens with one attached hydrogen (secondary N) is 1. The molecule has 2 bridgehead atoms. The molecule has 1 aromatic carbocycles. The molecular formula is C16H20BrNO. The van der Waals surface area contributed by atoms with Gasteiger partial charge in [-0.15, -0.1) is 0 Å². The molecule has 2 aliphatic rings. The van der Waals surface area contributed by atoms with Crippen molar-refractivity contribution in [1.82, 2.24) is 0 Å². The van der Waals surface area contributed by atoms with Gasteiger partial charge in [-0.25, -0.2) is 0 Å². The highest BCUT2D eigenvalue weighted by molar-refractivity contribution is 9.10. The summed E-state index contributed by atoms with van der Waals surface area (Å²) in [5.74, 6) is 2.55. The third kappa shape index (κ3) is 2.86. The Morgan fingerprint density at radius 2 is 2.21 bits per heavy atom. The fraction of sp³-hybridized carbons (Fsp3) is 0.562. The molecule has 1 amide bonds. The van der Waals surface area contributed by atoms with E-state index in [2.05, 4.69) is 21.2 Å². The molecule has 3 atom stereocenters. The highest BCUT2D eigenvalue weighted by atomic mass is 79.9. The summed E-state index contributed by atoms with van der Waals surface area (Å²) in [6.07, 6.45) is 6.10. The summed E-state index contributed by atoms with van der Waals surface area (Å²) in [4.78, 5) is 12.1. The Morgan fingerprint density at radius 3 is 2.84 bits per heavy atom. The first-order valence-electron chi connectivity index (χ1n) is 7.18. The van der Waals surface area contributed by atoms with Crippen LogP contribution in [0.5, 0.6) is 0 Å². The van der Waals surface area contributed by atoms with Gasteiger partial charge in [0, 0.05) is 16.6 Å². The Kier molecular flexibility index (Phi) is 3.66. The molecule has 2 nitrogen and oxygen atoms in total. The van der Waals surface area contributed by atoms with Crippen LogP contribution in [-0.4, -0.2) is 5.91 Å². The van der Waals surface area contributed by atoms with Crippen LogP contribution < -0.4 is 5.32 Å². The lowest BCUT2D eigenvalue weighted by molar-refractivity contribution is -0.117. The zero-order valence-corrected chi connectivity index (χ0v) is 12.9. The normalized spacial score (nSPS) is 28.6. The largest absolute Gasteiger partial charge is 0.326 e. The minimum atomic E-state index is 0.180. The summed E-state index contributed by atoms with van der Waals surface area (Å²) < 4.78 is 1.08. The van der Waals surface area contributed by atoms with Gasteiger partial charge < -0.3 is 5.32 Å². The standard InChI is InChI=1S/C16H20BrNO/c1-10-6-14(4-5-15(10)17)18-16(19)9-13-8-11-2-3-12(13)7-11/h4-6,11-13H,2-3,7-9H2,1H3,(H,18,19). The average Bonchev–Trinajstić information content (AvgIpc) is 2.96. The predicted molar refractivity (Wildman–Crippen MR) is 81.1 cm³/mol. The Bertz CT molecular complexity index is 500. The van der Waals surface area contributed by atoms with E-state index in [4.69, 9.17) is 0 Å². The Hall–Kier alpha value is -0.830. The second kappa shape index (κ2) is 5.28. The molecule has 0 aromatic heterocycles. The van der Waals surface area contributed by atoms with Gasteiger partial charge in [-0.3, -0.25) is 4.79 Å². The highest BCUT2D eigenvalue weighted by Gasteiger charge is 2.40. The molecule has 2 aliphatic carbocycles. The van der Waals surface area contributed by atoms with Crippen LogP contribution in [-0.2, 0) is 4.79 Å². The zero-order chi connectivity index (χ0) is 13.4. The van der Waals surface area contributed by atoms with Crippen molar-refractivity contribution < 1.29 is 4.79 Å². The van der Waals surface area contributed by atoms with E-state index >= 15 is 0 Å². The first kappa shape index (κ1) is 13.2. The molecule has 0 heterocycles. The average molecular weight is 322 g/mol. The lowest BCUT2D eigenvalue weighted by atomic mass is 9.86. The summed E-state index contributed by atoms with van der Waals surface area (Å²) >= 11 is 3.48. The second-order valence-electron chi connectivity index (χ2n) is 6.15. The van der Waals surface area contributed by atoms with Crippen LogP contribution in [0.2, 0.25) is 0 Å². The van der Waals surface area contributed by atoms with Crippen LogP contribution in [0.15, 0.2) is 22.7 Å². The molecule has 0 saturated heterocycles. The summed E-state index contributed by atoms with van der Waals surface area (Å²) in [5, 5.41) is 3.04. The van der Waals surface area contributed by atoms with Crippen molar-refractivity contribution in [2.45, 2.75) is 39.0 Å². The Morgan fingerprint density at radius 1 is 1.37 bits per heavy atom. The number of halogens is 1. The molecule has 1 aromatic rings. The van der Waals surface area contributed by atoms with E-state index in [1.165, 1.54) is 25.7 Å². The number of anilines is 1. The summed E-state index contributed by atoms with van der Waals surface area (Å²) in [7, 11) is 0. The van der Waals surface area contributed by atoms with Gasteiger partial charge in [0.15, 0.2) is 0 Å². The molecule has 1 N–H and O–H groups in total. The third-order valence-corrected chi connectivity index (χ3v) is 5.66. The van der Waals surface area contributed by atoms with E-state index in [0.717, 1.165) is 27.6 Å². The van der Waals surface area contributed by atoms with Gasteiger partial charge in [-0.2, -0.15) is 0 Å². The topological polar surface area (TPSA) is 29.1 Å². The predicted octanol–water partition coefficient (Wildman–Crippen LogP) is 4.52. The summed E-state index contributed by atoms with van der Waals surface area (Å²) in [6.45, 7) is 2.04. The zero-order valence-electron chi connectivity index (χ0n) is 11.3. The molecule has 0 radical (unpaired) electrons. The second-order valence-corrected chi connectivity index (χ2v) is 7.01. The van der Waals surface area contributed by atoms with Gasteiger partial charge in [0.2, 0.25) is 5.91 Å². The van der Waals surface area contributed by atoms with Crippen LogP contribution in [0.25, 0.3) is 0 Å². The van der Waals surface area contributed by atoms with Crippen molar-refractivity contribution in [3.63, 3.8) is 0 Å². The van der Waals surface area contributed by atoms with Crippen LogP contribution >= 0.6 is 15.9 Å². The number of aryl methyl sites for hydroxylation is 1. The van der Waals surface area contributed by atoms with Crippen molar-refractivity contribution in [3.8, 4) is 0 Å². The lowest BCUT2D eigenvalue weighted by Gasteiger charge is -2.21. The van der Waals surface area contributed by atoms with E-state index in [0.29, 0.717) is 12.3 Å². The van der Waals surface area contributed by atoms with Crippen molar-refractivity contribution in [2.24, 2.45) is 17.8 Å². The minimum Gasteiger partial charge on any atom is -0.326 e. The number of rotatable bonds is 3. The first-order valence-corrected chi connectivity index (χ1v) is 7.97. The van der Waals surface area contributed by atoms with E-state index in [1.54, 1.807) is 0 Å². The van der Waals surface area contributed by atoms with Gasteiger partial charge in [-0.05, 0) is 67.7 Å². The SMILES string of the molecule is Cc1cc(NC(=O)CC2CC3CCC2C3)ccc1Br. The lowest BCUT2D eigenvalue weighted by Crippen LogP contribution is -2.20. The maximum atomic E-state index is 12.1. The van der Waals surface area contributed by atoms with Gasteiger partial charge in [-0.1, -0.05) is 22.4 Å². The molecule has 0 aliphatic heterocycles. The number of carbonyl (C=O) groups is 1. The number of benzene rings is 1. The maximum absolute atomic E-state index is 12.1. The molecule has 102 valence electrons. The van der Waals surface area contributed by atoms with Crippen LogP contribution in [0, 0.1) is 24.7 Å². The van der Waals surface area contributed by atoms with Crippen molar-refractivity contribution in [3.05, 3.63) is 28.2 Å². The number of hydrogen-bond donors (Lipinski definition) is 1. The number of hydrogen-bond acceptors (Lipinski definition) is 1. The van der Waals surface area contributed by atoms with Crippen molar-refractivity contribution in [2.75, 3.05) is 5.32 Å². The molecule has 2 saturated carbocycles. The van der Waals surface area contributed by atoms with Crippen molar-refractivity contribution >= 4 is 27.5 Å². The van der Waals surface area contributed by atoms with Gasteiger partial charge >= 0.3 is 0 Å². The van der Waals surface area contributed by atoms with Crippen LogP contribution in [0.4, 0.5) is 5.69 Å². The van der Waals surface area contributed by atoms with Crippen molar-refractivity contribution in [1.29, 1.82) is 0 Å². The van der Waals surface area contributed by atoms with E-state index in [9.17, 15) is 4.79 Å². The van der Waals surface area contributed by atoms with E-state index in [-0.39, 0.29) is 5.91 Å². The summed E-state index contributed by atoms with van der Waals surface area (Å²) in [6, 6.07) is 5.96. The Balaban J connectivity index is 1.57. The molecule has 19 heavy (non-hydrogen) atoms. The minimum absolute atomic E-state index is 0.180. The monoisotopic (exact) mass is 321 g/mol. The molecular weight excluding hydrogens is 302 g/mol. The number of fused-ring (bicyclic) bond motifs is 2. The molecule has 3 unspecified atom stereocenters. The molecule has 3 rings (SSSR count). The fourth-order valence-corrected chi connectivity index (χ4v) is 4.05. The van der Waals surface area contributed by atoms with Gasteiger partial charge in [0.1, 0.15) is 0 Å². The van der Waals surface area contributed by atoms with Gasteiger partial charge in [0.05, 0.1) is 0 Å². The van der Waals surface area contributed by atoms with E-state index < -0.39 is 0 Å². The molecule has 2 fully saturated rings. The quantitative estimate of drug-likeness (QED) is 0.871. The Labute approximate surface area is 123 Å². The van der Waals surface area contributed by atoms with Crippen LogP contribution in [0.3, 0.4) is 0 Å². The molecule has 0 spiro atoms. The third-order valence-electron chi connectivity index (χ3n) is 4.77. The maximum Gasteiger partial charge on any atom is 0.224 e. The highest BCUT2D eigenvalue weighted by Crippen LogP contribution is 2.49. The fourth-order valence-electron chi connectivity index (χ4n) is 3.80. The first-order chi connectivity index (χ1) is 9.11. The molecule has 3 heteroatoms.